The van der Waals surface area contributed by atoms with E-state index < -0.39 is 0 Å². The summed E-state index contributed by atoms with van der Waals surface area (Å²) in [6.07, 6.45) is 0. The van der Waals surface area contributed by atoms with Crippen LogP contribution in [0.5, 0.6) is 0 Å². The minimum absolute atomic E-state index is 0.164. The van der Waals surface area contributed by atoms with Gasteiger partial charge >= 0.3 is 0 Å². The summed E-state index contributed by atoms with van der Waals surface area (Å²) in [5.74, 6) is 0. The van der Waals surface area contributed by atoms with Crippen LogP contribution >= 0.6 is 11.3 Å². The molecule has 1 heterocycles. The second-order valence-corrected chi connectivity index (χ2v) is 2.75. The van der Waals surface area contributed by atoms with Gasteiger partial charge in [0.05, 0.1) is 10.7 Å². The van der Waals surface area contributed by atoms with E-state index in [0.717, 1.165) is 16.3 Å². The van der Waals surface area contributed by atoms with Crippen LogP contribution in [0.25, 0.3) is 0 Å². The van der Waals surface area contributed by atoms with E-state index in [4.69, 9.17) is 0 Å². The van der Waals surface area contributed by atoms with Gasteiger partial charge in [0.2, 0.25) is 0 Å². The van der Waals surface area contributed by atoms with Gasteiger partial charge in [-0.3, -0.25) is 0 Å². The van der Waals surface area contributed by atoms with Gasteiger partial charge in [0.1, 0.15) is 0 Å². The van der Waals surface area contributed by atoms with Crippen molar-refractivity contribution in [2.24, 2.45) is 0 Å². The second kappa shape index (κ2) is 1.82. The molecule has 0 bridgehead atoms. The standard InChI is InChI=1S/C5H6FNS/c1-3-5(6)8-4(2)7-3/h1-2H3. The van der Waals surface area contributed by atoms with E-state index in [9.17, 15) is 4.39 Å². The molecule has 0 N–H and O–H groups in total. The molecule has 0 fully saturated rings. The van der Waals surface area contributed by atoms with Gasteiger partial charge in [0.25, 0.3) is 0 Å². The van der Waals surface area contributed by atoms with E-state index in [0.29, 0.717) is 5.69 Å². The largest absolute Gasteiger partial charge is 0.244 e. The van der Waals surface area contributed by atoms with E-state index in [1.807, 2.05) is 0 Å². The maximum Gasteiger partial charge on any atom is 0.199 e. The minimum Gasteiger partial charge on any atom is -0.244 e. The van der Waals surface area contributed by atoms with Gasteiger partial charge in [-0.25, -0.2) is 4.98 Å². The highest BCUT2D eigenvalue weighted by Gasteiger charge is 2.00. The lowest BCUT2D eigenvalue weighted by atomic mass is 10.6. The lowest BCUT2D eigenvalue weighted by Crippen LogP contribution is -1.72. The van der Waals surface area contributed by atoms with Crippen LogP contribution in [0.4, 0.5) is 4.39 Å². The molecular formula is C5H6FNS. The van der Waals surface area contributed by atoms with Crippen molar-refractivity contribution in [2.45, 2.75) is 13.8 Å². The molecule has 1 nitrogen and oxygen atoms in total. The normalized spacial score (nSPS) is 9.88. The van der Waals surface area contributed by atoms with Crippen molar-refractivity contribution in [3.05, 3.63) is 15.8 Å². The molecule has 1 rings (SSSR count). The first-order chi connectivity index (χ1) is 3.70. The molecule has 0 unspecified atom stereocenters. The summed E-state index contributed by atoms with van der Waals surface area (Å²) < 4.78 is 12.3. The third-order valence-electron chi connectivity index (χ3n) is 0.847. The SMILES string of the molecule is Cc1nc(C)c(F)s1. The Morgan fingerprint density at radius 1 is 1.50 bits per heavy atom. The molecule has 0 amide bonds. The summed E-state index contributed by atoms with van der Waals surface area (Å²) in [5.41, 5.74) is 0.507. The zero-order valence-corrected chi connectivity index (χ0v) is 5.55. The smallest absolute Gasteiger partial charge is 0.199 e. The number of hydrogen-bond acceptors (Lipinski definition) is 2. The van der Waals surface area contributed by atoms with Gasteiger partial charge in [-0.15, -0.1) is 0 Å². The zero-order valence-electron chi connectivity index (χ0n) is 4.73. The van der Waals surface area contributed by atoms with Gasteiger partial charge in [-0.1, -0.05) is 11.3 Å². The molecule has 0 aliphatic carbocycles. The lowest BCUT2D eigenvalue weighted by molar-refractivity contribution is 0.643. The molecule has 0 saturated heterocycles. The topological polar surface area (TPSA) is 12.9 Å². The fraction of sp³-hybridized carbons (Fsp3) is 0.400. The van der Waals surface area contributed by atoms with Crippen molar-refractivity contribution in [2.75, 3.05) is 0 Å². The number of rotatable bonds is 0. The van der Waals surface area contributed by atoms with Gasteiger partial charge in [0.15, 0.2) is 5.13 Å². The first-order valence-electron chi connectivity index (χ1n) is 2.29. The van der Waals surface area contributed by atoms with Crippen LogP contribution in [-0.2, 0) is 0 Å². The van der Waals surface area contributed by atoms with Crippen molar-refractivity contribution < 1.29 is 4.39 Å². The predicted molar refractivity (Wildman–Crippen MR) is 31.5 cm³/mol. The van der Waals surface area contributed by atoms with Crippen molar-refractivity contribution >= 4 is 11.3 Å². The van der Waals surface area contributed by atoms with Gasteiger partial charge in [-0.05, 0) is 13.8 Å². The zero-order chi connectivity index (χ0) is 6.15. The fourth-order valence-corrected chi connectivity index (χ4v) is 1.14. The van der Waals surface area contributed by atoms with Crippen LogP contribution in [0, 0.1) is 19.0 Å². The van der Waals surface area contributed by atoms with E-state index in [1.165, 1.54) is 0 Å². The predicted octanol–water partition coefficient (Wildman–Crippen LogP) is 1.90. The average Bonchev–Trinajstić information content (AvgIpc) is 1.85. The van der Waals surface area contributed by atoms with Crippen molar-refractivity contribution in [3.63, 3.8) is 0 Å². The van der Waals surface area contributed by atoms with Crippen LogP contribution < -0.4 is 0 Å². The van der Waals surface area contributed by atoms with Crippen LogP contribution in [0.1, 0.15) is 10.7 Å². The Hall–Kier alpha value is -0.440. The van der Waals surface area contributed by atoms with Crippen molar-refractivity contribution in [1.82, 2.24) is 4.98 Å². The highest BCUT2D eigenvalue weighted by Crippen LogP contribution is 2.13. The molecule has 0 spiro atoms. The van der Waals surface area contributed by atoms with Crippen LogP contribution in [0.2, 0.25) is 0 Å². The highest BCUT2D eigenvalue weighted by atomic mass is 32.1. The summed E-state index contributed by atoms with van der Waals surface area (Å²) >= 11 is 1.09. The molecular weight excluding hydrogens is 125 g/mol. The number of thiazole rings is 1. The first-order valence-corrected chi connectivity index (χ1v) is 3.11. The number of hydrogen-bond donors (Lipinski definition) is 0. The first kappa shape index (κ1) is 5.69. The number of nitrogens with zero attached hydrogens (tertiary/aromatic N) is 1. The Labute approximate surface area is 51.2 Å². The molecule has 1 aromatic heterocycles. The number of aryl methyl sites for hydroxylation is 2. The summed E-state index contributed by atoms with van der Waals surface area (Å²) in [6.45, 7) is 3.46. The molecule has 0 aliphatic heterocycles. The lowest BCUT2D eigenvalue weighted by Gasteiger charge is -1.73. The minimum atomic E-state index is -0.164. The van der Waals surface area contributed by atoms with Gasteiger partial charge in [0, 0.05) is 0 Å². The molecule has 0 aromatic carbocycles. The van der Waals surface area contributed by atoms with Crippen molar-refractivity contribution in [3.8, 4) is 0 Å². The third-order valence-corrected chi connectivity index (χ3v) is 1.71. The maximum atomic E-state index is 12.3. The molecule has 8 heavy (non-hydrogen) atoms. The quantitative estimate of drug-likeness (QED) is 0.524. The molecule has 0 radical (unpaired) electrons. The second-order valence-electron chi connectivity index (χ2n) is 1.59. The van der Waals surface area contributed by atoms with E-state index in [2.05, 4.69) is 4.98 Å². The molecule has 0 atom stereocenters. The Morgan fingerprint density at radius 3 is 2.25 bits per heavy atom. The van der Waals surface area contributed by atoms with Crippen LogP contribution in [0.3, 0.4) is 0 Å². The fourth-order valence-electron chi connectivity index (χ4n) is 0.506. The Bertz CT molecular complexity index is 175. The van der Waals surface area contributed by atoms with E-state index in [1.54, 1.807) is 13.8 Å². The Kier molecular flexibility index (Phi) is 1.29. The average molecular weight is 131 g/mol. The maximum absolute atomic E-state index is 12.3. The molecule has 0 saturated carbocycles. The summed E-state index contributed by atoms with van der Waals surface area (Å²) in [5, 5.41) is 0.627. The molecule has 3 heteroatoms. The van der Waals surface area contributed by atoms with Crippen molar-refractivity contribution in [1.29, 1.82) is 0 Å². The van der Waals surface area contributed by atoms with Gasteiger partial charge in [-0.2, -0.15) is 4.39 Å². The monoisotopic (exact) mass is 131 g/mol. The number of halogens is 1. The molecule has 0 aliphatic rings. The summed E-state index contributed by atoms with van der Waals surface area (Å²) in [4.78, 5) is 3.85. The Morgan fingerprint density at radius 2 is 2.12 bits per heavy atom. The highest BCUT2D eigenvalue weighted by molar-refractivity contribution is 7.09. The van der Waals surface area contributed by atoms with Crippen LogP contribution in [-0.4, -0.2) is 4.98 Å². The van der Waals surface area contributed by atoms with E-state index in [-0.39, 0.29) is 5.13 Å². The third kappa shape index (κ3) is 0.865. The number of aromatic nitrogens is 1. The van der Waals surface area contributed by atoms with Crippen LogP contribution in [0.15, 0.2) is 0 Å². The van der Waals surface area contributed by atoms with E-state index >= 15 is 0 Å². The molecule has 44 valence electrons. The van der Waals surface area contributed by atoms with Gasteiger partial charge < -0.3 is 0 Å². The summed E-state index contributed by atoms with van der Waals surface area (Å²) in [7, 11) is 0. The summed E-state index contributed by atoms with van der Waals surface area (Å²) in [6, 6.07) is 0. The Balaban J connectivity index is 3.14. The molecule has 1 aromatic rings.